The van der Waals surface area contributed by atoms with Crippen LogP contribution in [-0.4, -0.2) is 82.0 Å². The maximum atomic E-state index is 12.3. The highest BCUT2D eigenvalue weighted by molar-refractivity contribution is 7.07. The van der Waals surface area contributed by atoms with Crippen molar-refractivity contribution in [3.63, 3.8) is 0 Å². The zero-order chi connectivity index (χ0) is 14.1. The average Bonchev–Trinajstić information content (AvgIpc) is 2.84. The molecule has 0 radical (unpaired) electrons. The van der Waals surface area contributed by atoms with Crippen LogP contribution in [0, 0.1) is 6.92 Å². The van der Waals surface area contributed by atoms with E-state index in [1.807, 2.05) is 11.8 Å². The van der Waals surface area contributed by atoms with E-state index in [1.54, 1.807) is 0 Å². The highest BCUT2D eigenvalue weighted by Crippen LogP contribution is 2.21. The van der Waals surface area contributed by atoms with E-state index in [0.717, 1.165) is 51.5 Å². The first-order valence-electron chi connectivity index (χ1n) is 7.23. The number of hydrogen-bond donors (Lipinski definition) is 0. The van der Waals surface area contributed by atoms with E-state index in [2.05, 4.69) is 26.3 Å². The summed E-state index contributed by atoms with van der Waals surface area (Å²) in [6.07, 6.45) is 0. The van der Waals surface area contributed by atoms with Crippen molar-refractivity contribution in [1.82, 2.24) is 24.3 Å². The van der Waals surface area contributed by atoms with Gasteiger partial charge in [0.2, 0.25) is 0 Å². The number of nitrogens with zero attached hydrogens (tertiary/aromatic N) is 5. The van der Waals surface area contributed by atoms with Gasteiger partial charge in [0.05, 0.1) is 5.69 Å². The number of carbonyl (C=O) groups is 1. The second kappa shape index (κ2) is 5.75. The Kier molecular flexibility index (Phi) is 4.00. The Hall–Kier alpha value is -1.05. The van der Waals surface area contributed by atoms with Crippen molar-refractivity contribution >= 4 is 17.4 Å². The molecule has 0 atom stereocenters. The van der Waals surface area contributed by atoms with E-state index in [-0.39, 0.29) is 5.91 Å². The molecule has 1 amide bonds. The standard InChI is InChI=1S/C13H21N5OS/c1-3-16-4-6-17(7-5-16)11-8-18(9-11)13(19)12-10(2)14-15-20-12/h11H,3-9H2,1-2H3. The molecule has 0 aliphatic carbocycles. The Balaban J connectivity index is 1.50. The average molecular weight is 295 g/mol. The van der Waals surface area contributed by atoms with E-state index in [1.165, 1.54) is 11.5 Å². The molecule has 1 aromatic rings. The molecule has 6 nitrogen and oxygen atoms in total. The maximum Gasteiger partial charge on any atom is 0.267 e. The van der Waals surface area contributed by atoms with Gasteiger partial charge in [0.1, 0.15) is 4.88 Å². The number of likely N-dealkylation sites (N-methyl/N-ethyl adjacent to an activating group) is 1. The van der Waals surface area contributed by atoms with E-state index in [4.69, 9.17) is 0 Å². The smallest absolute Gasteiger partial charge is 0.267 e. The molecule has 2 saturated heterocycles. The summed E-state index contributed by atoms with van der Waals surface area (Å²) < 4.78 is 3.84. The zero-order valence-electron chi connectivity index (χ0n) is 12.1. The third kappa shape index (κ3) is 2.57. The van der Waals surface area contributed by atoms with Crippen molar-refractivity contribution in [2.24, 2.45) is 0 Å². The Morgan fingerprint density at radius 2 is 2.00 bits per heavy atom. The lowest BCUT2D eigenvalue weighted by Crippen LogP contribution is -2.64. The molecule has 0 spiro atoms. The van der Waals surface area contributed by atoms with Crippen molar-refractivity contribution in [3.05, 3.63) is 10.6 Å². The molecule has 110 valence electrons. The lowest BCUT2D eigenvalue weighted by atomic mass is 10.1. The van der Waals surface area contributed by atoms with Crippen molar-refractivity contribution in [1.29, 1.82) is 0 Å². The molecular formula is C13H21N5OS. The van der Waals surface area contributed by atoms with E-state index < -0.39 is 0 Å². The van der Waals surface area contributed by atoms with Crippen LogP contribution in [0.2, 0.25) is 0 Å². The normalized spacial score (nSPS) is 22.0. The molecule has 2 aliphatic rings. The molecule has 7 heteroatoms. The largest absolute Gasteiger partial charge is 0.335 e. The number of aromatic nitrogens is 2. The summed E-state index contributed by atoms with van der Waals surface area (Å²) in [6.45, 7) is 11.5. The summed E-state index contributed by atoms with van der Waals surface area (Å²) in [5.41, 5.74) is 0.750. The van der Waals surface area contributed by atoms with Crippen LogP contribution in [0.1, 0.15) is 22.3 Å². The second-order valence-corrected chi connectivity index (χ2v) is 6.28. The van der Waals surface area contributed by atoms with Crippen LogP contribution in [0.25, 0.3) is 0 Å². The van der Waals surface area contributed by atoms with E-state index in [0.29, 0.717) is 10.9 Å². The molecule has 20 heavy (non-hydrogen) atoms. The lowest BCUT2D eigenvalue weighted by Gasteiger charge is -2.47. The molecule has 0 bridgehead atoms. The van der Waals surface area contributed by atoms with E-state index >= 15 is 0 Å². The van der Waals surface area contributed by atoms with Gasteiger partial charge >= 0.3 is 0 Å². The molecule has 2 aliphatic heterocycles. The van der Waals surface area contributed by atoms with Crippen LogP contribution in [-0.2, 0) is 0 Å². The fourth-order valence-electron chi connectivity index (χ4n) is 2.87. The fraction of sp³-hybridized carbons (Fsp3) is 0.769. The van der Waals surface area contributed by atoms with Gasteiger partial charge in [-0.2, -0.15) is 0 Å². The Labute approximate surface area is 123 Å². The van der Waals surface area contributed by atoms with Gasteiger partial charge in [-0.1, -0.05) is 11.4 Å². The molecule has 3 heterocycles. The summed E-state index contributed by atoms with van der Waals surface area (Å²) in [4.78, 5) is 19.9. The van der Waals surface area contributed by atoms with Crippen molar-refractivity contribution in [2.45, 2.75) is 19.9 Å². The fourth-order valence-corrected chi connectivity index (χ4v) is 3.49. The molecule has 0 N–H and O–H groups in total. The monoisotopic (exact) mass is 295 g/mol. The number of amides is 1. The second-order valence-electron chi connectivity index (χ2n) is 5.52. The predicted molar refractivity (Wildman–Crippen MR) is 78.0 cm³/mol. The van der Waals surface area contributed by atoms with Gasteiger partial charge in [-0.25, -0.2) is 0 Å². The van der Waals surface area contributed by atoms with Gasteiger partial charge in [-0.05, 0) is 25.0 Å². The molecular weight excluding hydrogens is 274 g/mol. The summed E-state index contributed by atoms with van der Waals surface area (Å²) in [5.74, 6) is 0.0981. The first kappa shape index (κ1) is 13.9. The number of aryl methyl sites for hydroxylation is 1. The number of carbonyl (C=O) groups excluding carboxylic acids is 1. The van der Waals surface area contributed by atoms with Crippen molar-refractivity contribution in [3.8, 4) is 0 Å². The maximum absolute atomic E-state index is 12.3. The molecule has 0 aromatic carbocycles. The number of rotatable bonds is 3. The van der Waals surface area contributed by atoms with Crippen LogP contribution in [0.4, 0.5) is 0 Å². The van der Waals surface area contributed by atoms with Crippen LogP contribution in [0.5, 0.6) is 0 Å². The quantitative estimate of drug-likeness (QED) is 0.803. The predicted octanol–water partition coefficient (Wildman–Crippen LogP) is 0.308. The highest BCUT2D eigenvalue weighted by atomic mass is 32.1. The number of likely N-dealkylation sites (tertiary alicyclic amines) is 1. The minimum absolute atomic E-state index is 0.0981. The zero-order valence-corrected chi connectivity index (χ0v) is 12.9. The summed E-state index contributed by atoms with van der Waals surface area (Å²) >= 11 is 1.20. The van der Waals surface area contributed by atoms with Gasteiger partial charge < -0.3 is 9.80 Å². The van der Waals surface area contributed by atoms with Crippen LogP contribution in [0.15, 0.2) is 0 Å². The van der Waals surface area contributed by atoms with Gasteiger partial charge in [0.15, 0.2) is 0 Å². The van der Waals surface area contributed by atoms with Crippen LogP contribution in [0.3, 0.4) is 0 Å². The van der Waals surface area contributed by atoms with Gasteiger partial charge in [0.25, 0.3) is 5.91 Å². The first-order chi connectivity index (χ1) is 9.69. The SMILES string of the molecule is CCN1CCN(C2CN(C(=O)c3snnc3C)C2)CC1. The Morgan fingerprint density at radius 3 is 2.55 bits per heavy atom. The van der Waals surface area contributed by atoms with Gasteiger partial charge in [0, 0.05) is 45.3 Å². The molecule has 1 aromatic heterocycles. The summed E-state index contributed by atoms with van der Waals surface area (Å²) in [6, 6.07) is 0.541. The molecule has 0 unspecified atom stereocenters. The first-order valence-corrected chi connectivity index (χ1v) is 8.01. The molecule has 0 saturated carbocycles. The third-order valence-corrected chi connectivity index (χ3v) is 5.18. The number of piperazine rings is 1. The molecule has 3 rings (SSSR count). The Bertz CT molecular complexity index is 477. The minimum Gasteiger partial charge on any atom is -0.335 e. The minimum atomic E-state index is 0.0981. The van der Waals surface area contributed by atoms with Gasteiger partial charge in [-0.15, -0.1) is 5.10 Å². The molecule has 2 fully saturated rings. The third-order valence-electron chi connectivity index (χ3n) is 4.37. The van der Waals surface area contributed by atoms with Crippen LogP contribution >= 0.6 is 11.5 Å². The lowest BCUT2D eigenvalue weighted by molar-refractivity contribution is 0.00863. The van der Waals surface area contributed by atoms with Crippen LogP contribution < -0.4 is 0 Å². The Morgan fingerprint density at radius 1 is 1.30 bits per heavy atom. The van der Waals surface area contributed by atoms with Crippen molar-refractivity contribution in [2.75, 3.05) is 45.8 Å². The topological polar surface area (TPSA) is 52.6 Å². The summed E-state index contributed by atoms with van der Waals surface area (Å²) in [5, 5.41) is 3.91. The van der Waals surface area contributed by atoms with E-state index in [9.17, 15) is 4.79 Å². The van der Waals surface area contributed by atoms with Gasteiger partial charge in [-0.3, -0.25) is 9.69 Å². The summed E-state index contributed by atoms with van der Waals surface area (Å²) in [7, 11) is 0. The van der Waals surface area contributed by atoms with Crippen molar-refractivity contribution < 1.29 is 4.79 Å². The number of hydrogen-bond acceptors (Lipinski definition) is 6. The highest BCUT2D eigenvalue weighted by Gasteiger charge is 2.37.